The van der Waals surface area contributed by atoms with E-state index in [-0.39, 0.29) is 0 Å². The Hall–Kier alpha value is -0.620. The summed E-state index contributed by atoms with van der Waals surface area (Å²) >= 11 is 3.72. The molecule has 1 atom stereocenters. The maximum absolute atomic E-state index is 5.65. The van der Waals surface area contributed by atoms with Crippen molar-refractivity contribution < 1.29 is 0 Å². The van der Waals surface area contributed by atoms with Gasteiger partial charge in [0.25, 0.3) is 0 Å². The van der Waals surface area contributed by atoms with Gasteiger partial charge in [-0.25, -0.2) is 4.98 Å². The molecule has 1 aromatic heterocycles. The second kappa shape index (κ2) is 7.24. The molecule has 3 nitrogen and oxygen atoms in total. The molecule has 0 radical (unpaired) electrons. The zero-order chi connectivity index (χ0) is 13.7. The average molecular weight is 295 g/mol. The highest BCUT2D eigenvalue weighted by atomic mass is 32.2. The van der Waals surface area contributed by atoms with Gasteiger partial charge >= 0.3 is 0 Å². The maximum atomic E-state index is 5.65. The lowest BCUT2D eigenvalue weighted by atomic mass is 10.2. The van der Waals surface area contributed by atoms with Crippen LogP contribution in [-0.2, 0) is 6.42 Å². The number of aromatic nitrogens is 1. The number of para-hydroxylation sites is 1. The number of fused-ring (bicyclic) bond motifs is 1. The van der Waals surface area contributed by atoms with Gasteiger partial charge in [-0.3, -0.25) is 11.3 Å². The molecule has 2 aromatic rings. The van der Waals surface area contributed by atoms with Crippen LogP contribution >= 0.6 is 23.1 Å². The second-order valence-electron chi connectivity index (χ2n) is 5.07. The molecule has 0 amide bonds. The maximum Gasteiger partial charge on any atom is 0.0954 e. The Morgan fingerprint density at radius 1 is 1.32 bits per heavy atom. The summed E-state index contributed by atoms with van der Waals surface area (Å²) < 4.78 is 1.25. The van der Waals surface area contributed by atoms with E-state index in [1.54, 1.807) is 11.3 Å². The first kappa shape index (κ1) is 14.8. The number of hydrogen-bond acceptors (Lipinski definition) is 5. The Labute approximate surface area is 123 Å². The van der Waals surface area contributed by atoms with Gasteiger partial charge in [0.1, 0.15) is 0 Å². The third-order valence-electron chi connectivity index (χ3n) is 2.77. The summed E-state index contributed by atoms with van der Waals surface area (Å²) in [5.41, 5.74) is 4.01. The lowest BCUT2D eigenvalue weighted by Gasteiger charge is -2.14. The zero-order valence-electron chi connectivity index (χ0n) is 11.4. The predicted molar refractivity (Wildman–Crippen MR) is 86.6 cm³/mol. The van der Waals surface area contributed by atoms with Crippen molar-refractivity contribution in [1.82, 2.24) is 10.4 Å². The fourth-order valence-corrected chi connectivity index (χ4v) is 3.98. The van der Waals surface area contributed by atoms with E-state index < -0.39 is 0 Å². The van der Waals surface area contributed by atoms with Gasteiger partial charge in [0.15, 0.2) is 0 Å². The summed E-state index contributed by atoms with van der Waals surface area (Å²) in [4.78, 5) is 4.66. The number of thiazole rings is 1. The molecule has 1 unspecified atom stereocenters. The van der Waals surface area contributed by atoms with Crippen molar-refractivity contribution in [3.63, 3.8) is 0 Å². The van der Waals surface area contributed by atoms with Crippen LogP contribution in [0.25, 0.3) is 10.2 Å². The number of nitrogens with two attached hydrogens (primary N) is 1. The van der Waals surface area contributed by atoms with E-state index in [0.717, 1.165) is 28.6 Å². The lowest BCUT2D eigenvalue weighted by Crippen LogP contribution is -2.38. The molecule has 19 heavy (non-hydrogen) atoms. The summed E-state index contributed by atoms with van der Waals surface area (Å²) in [7, 11) is 0. The number of hydrazine groups is 1. The summed E-state index contributed by atoms with van der Waals surface area (Å²) in [5, 5.41) is 1.16. The third-order valence-corrected chi connectivity index (χ3v) is 5.36. The van der Waals surface area contributed by atoms with Gasteiger partial charge in [0.05, 0.1) is 15.2 Å². The van der Waals surface area contributed by atoms with Crippen molar-refractivity contribution in [3.8, 4) is 0 Å². The highest BCUT2D eigenvalue weighted by Gasteiger charge is 2.12. The van der Waals surface area contributed by atoms with Crippen molar-refractivity contribution in [3.05, 3.63) is 29.3 Å². The highest BCUT2D eigenvalue weighted by molar-refractivity contribution is 7.99. The van der Waals surface area contributed by atoms with Gasteiger partial charge in [0, 0.05) is 18.2 Å². The topological polar surface area (TPSA) is 50.9 Å². The Morgan fingerprint density at radius 3 is 2.79 bits per heavy atom. The summed E-state index contributed by atoms with van der Waals surface area (Å²) in [6.45, 7) is 4.48. The minimum Gasteiger partial charge on any atom is -0.271 e. The van der Waals surface area contributed by atoms with Gasteiger partial charge in [-0.2, -0.15) is 11.8 Å². The smallest absolute Gasteiger partial charge is 0.0954 e. The number of nitrogens with zero attached hydrogens (tertiary/aromatic N) is 1. The second-order valence-corrected chi connectivity index (χ2v) is 7.26. The van der Waals surface area contributed by atoms with Crippen LogP contribution < -0.4 is 11.3 Å². The zero-order valence-corrected chi connectivity index (χ0v) is 13.1. The molecule has 0 aliphatic carbocycles. The van der Waals surface area contributed by atoms with Crippen molar-refractivity contribution in [1.29, 1.82) is 0 Å². The van der Waals surface area contributed by atoms with Crippen molar-refractivity contribution in [2.45, 2.75) is 26.3 Å². The van der Waals surface area contributed by atoms with Crippen LogP contribution in [0.1, 0.15) is 18.9 Å². The molecule has 3 N–H and O–H groups in total. The molecule has 0 fully saturated rings. The first-order valence-corrected chi connectivity index (χ1v) is 8.54. The van der Waals surface area contributed by atoms with Crippen LogP contribution in [0.2, 0.25) is 0 Å². The summed E-state index contributed by atoms with van der Waals surface area (Å²) in [5.74, 6) is 8.58. The number of hydrogen-bond donors (Lipinski definition) is 2. The largest absolute Gasteiger partial charge is 0.271 e. The fraction of sp³-hybridized carbons (Fsp3) is 0.500. The van der Waals surface area contributed by atoms with E-state index in [4.69, 9.17) is 5.84 Å². The third kappa shape index (κ3) is 4.45. The number of nitrogens with one attached hydrogen (secondary N) is 1. The molecule has 1 heterocycles. The monoisotopic (exact) mass is 295 g/mol. The summed E-state index contributed by atoms with van der Waals surface area (Å²) in [6.07, 6.45) is 0.904. The molecule has 1 aromatic carbocycles. The standard InChI is InChI=1S/C14H21N3S2/c1-10(2)8-18-9-11(17-15)7-14-16-12-5-3-4-6-13(12)19-14/h3-6,10-11,17H,7-9,15H2,1-2H3. The van der Waals surface area contributed by atoms with Crippen LogP contribution in [0.4, 0.5) is 0 Å². The van der Waals surface area contributed by atoms with Crippen LogP contribution in [-0.4, -0.2) is 22.5 Å². The van der Waals surface area contributed by atoms with E-state index in [2.05, 4.69) is 42.5 Å². The van der Waals surface area contributed by atoms with Crippen molar-refractivity contribution >= 4 is 33.3 Å². The molecular weight excluding hydrogens is 274 g/mol. The Bertz CT molecular complexity index is 477. The van der Waals surface area contributed by atoms with Crippen LogP contribution in [0.5, 0.6) is 0 Å². The van der Waals surface area contributed by atoms with E-state index in [1.165, 1.54) is 10.5 Å². The van der Waals surface area contributed by atoms with Gasteiger partial charge in [-0.1, -0.05) is 26.0 Å². The first-order valence-electron chi connectivity index (χ1n) is 6.57. The van der Waals surface area contributed by atoms with E-state index >= 15 is 0 Å². The Morgan fingerprint density at radius 2 is 2.11 bits per heavy atom. The highest BCUT2D eigenvalue weighted by Crippen LogP contribution is 2.23. The van der Waals surface area contributed by atoms with E-state index in [1.807, 2.05) is 17.8 Å². The first-order chi connectivity index (χ1) is 9.19. The molecule has 0 spiro atoms. The van der Waals surface area contributed by atoms with Crippen molar-refractivity contribution in [2.24, 2.45) is 11.8 Å². The molecule has 0 saturated heterocycles. The molecule has 2 rings (SSSR count). The molecular formula is C14H21N3S2. The normalized spacial score (nSPS) is 13.3. The minimum absolute atomic E-state index is 0.296. The van der Waals surface area contributed by atoms with E-state index in [0.29, 0.717) is 6.04 Å². The van der Waals surface area contributed by atoms with Gasteiger partial charge in [0.2, 0.25) is 0 Å². The van der Waals surface area contributed by atoms with E-state index in [9.17, 15) is 0 Å². The summed E-state index contributed by atoms with van der Waals surface area (Å²) in [6, 6.07) is 8.57. The Kier molecular flexibility index (Phi) is 5.63. The molecule has 0 bridgehead atoms. The quantitative estimate of drug-likeness (QED) is 0.609. The van der Waals surface area contributed by atoms with Crippen molar-refractivity contribution in [2.75, 3.05) is 11.5 Å². The molecule has 5 heteroatoms. The number of benzene rings is 1. The van der Waals surface area contributed by atoms with Gasteiger partial charge in [-0.05, 0) is 23.8 Å². The predicted octanol–water partition coefficient (Wildman–Crippen LogP) is 3.06. The molecule has 0 saturated carbocycles. The van der Waals surface area contributed by atoms with Crippen LogP contribution in [0.3, 0.4) is 0 Å². The average Bonchev–Trinajstić information content (AvgIpc) is 2.79. The van der Waals surface area contributed by atoms with Crippen LogP contribution in [0.15, 0.2) is 24.3 Å². The van der Waals surface area contributed by atoms with Gasteiger partial charge < -0.3 is 0 Å². The van der Waals surface area contributed by atoms with Gasteiger partial charge in [-0.15, -0.1) is 11.3 Å². The minimum atomic E-state index is 0.296. The molecule has 0 aliphatic heterocycles. The molecule has 0 aliphatic rings. The number of rotatable bonds is 7. The van der Waals surface area contributed by atoms with Crippen LogP contribution in [0, 0.1) is 5.92 Å². The molecule has 104 valence electrons. The number of thioether (sulfide) groups is 1. The fourth-order valence-electron chi connectivity index (χ4n) is 1.83. The lowest BCUT2D eigenvalue weighted by molar-refractivity contribution is 0.574. The Balaban J connectivity index is 1.93. The SMILES string of the molecule is CC(C)CSCC(Cc1nc2ccccc2s1)NN.